The Bertz CT molecular complexity index is 812. The van der Waals surface area contributed by atoms with E-state index in [9.17, 15) is 0 Å². The summed E-state index contributed by atoms with van der Waals surface area (Å²) >= 11 is 7.61. The average molecular weight is 316 g/mol. The third kappa shape index (κ3) is 2.39. The van der Waals surface area contributed by atoms with Crippen LogP contribution in [-0.2, 0) is 12.8 Å². The van der Waals surface area contributed by atoms with E-state index in [0.717, 1.165) is 28.1 Å². The highest BCUT2D eigenvalue weighted by Gasteiger charge is 2.15. The Morgan fingerprint density at radius 1 is 1.10 bits per heavy atom. The molecule has 0 aliphatic heterocycles. The maximum atomic E-state index is 6.03. The average Bonchev–Trinajstić information content (AvgIpc) is 2.96. The van der Waals surface area contributed by atoms with Gasteiger partial charge in [-0.3, -0.25) is 0 Å². The van der Waals surface area contributed by atoms with Crippen molar-refractivity contribution in [2.24, 2.45) is 0 Å². The van der Waals surface area contributed by atoms with Gasteiger partial charge in [-0.15, -0.1) is 11.3 Å². The lowest BCUT2D eigenvalue weighted by atomic mass is 9.90. The first-order valence-electron chi connectivity index (χ1n) is 7.10. The Morgan fingerprint density at radius 2 is 2.00 bits per heavy atom. The second-order valence-electron chi connectivity index (χ2n) is 5.26. The Hall–Kier alpha value is -1.65. The van der Waals surface area contributed by atoms with Gasteiger partial charge in [-0.05, 0) is 65.9 Å². The first-order chi connectivity index (χ1) is 10.3. The van der Waals surface area contributed by atoms with Crippen LogP contribution in [0, 0.1) is 0 Å². The van der Waals surface area contributed by atoms with Gasteiger partial charge in [0.05, 0.1) is 5.39 Å². The summed E-state index contributed by atoms with van der Waals surface area (Å²) in [6.45, 7) is 0. The first-order valence-corrected chi connectivity index (χ1v) is 8.35. The van der Waals surface area contributed by atoms with Crippen LogP contribution in [0.15, 0.2) is 29.6 Å². The molecule has 0 saturated heterocycles. The largest absolute Gasteiger partial charge is 0.339 e. The van der Waals surface area contributed by atoms with E-state index >= 15 is 0 Å². The van der Waals surface area contributed by atoms with Crippen LogP contribution >= 0.6 is 22.9 Å². The van der Waals surface area contributed by atoms with Gasteiger partial charge in [0.1, 0.15) is 10.6 Å². The smallest absolute Gasteiger partial charge is 0.225 e. The van der Waals surface area contributed by atoms with Crippen molar-refractivity contribution in [2.75, 3.05) is 5.32 Å². The van der Waals surface area contributed by atoms with Gasteiger partial charge in [0.15, 0.2) is 0 Å². The van der Waals surface area contributed by atoms with Crippen LogP contribution in [0.5, 0.6) is 0 Å². The molecule has 5 heteroatoms. The van der Waals surface area contributed by atoms with Gasteiger partial charge < -0.3 is 5.32 Å². The molecule has 0 spiro atoms. The summed E-state index contributed by atoms with van der Waals surface area (Å²) in [6.07, 6.45) is 4.84. The zero-order chi connectivity index (χ0) is 14.2. The zero-order valence-corrected chi connectivity index (χ0v) is 13.0. The normalized spacial score (nSPS) is 14.1. The lowest BCUT2D eigenvalue weighted by Gasteiger charge is -2.20. The summed E-state index contributed by atoms with van der Waals surface area (Å²) in [4.78, 5) is 9.54. The van der Waals surface area contributed by atoms with E-state index in [1.165, 1.54) is 30.4 Å². The summed E-state index contributed by atoms with van der Waals surface area (Å²) < 4.78 is 0. The van der Waals surface area contributed by atoms with Gasteiger partial charge in [0, 0.05) is 5.69 Å². The molecule has 1 aromatic carbocycles. The highest BCUT2D eigenvalue weighted by Crippen LogP contribution is 2.33. The number of anilines is 2. The van der Waals surface area contributed by atoms with E-state index in [1.54, 1.807) is 11.3 Å². The second kappa shape index (κ2) is 5.28. The molecule has 0 radical (unpaired) electrons. The summed E-state index contributed by atoms with van der Waals surface area (Å²) in [5.74, 6) is 0.797. The molecule has 4 rings (SSSR count). The molecule has 21 heavy (non-hydrogen) atoms. The highest BCUT2D eigenvalue weighted by atomic mass is 35.5. The van der Waals surface area contributed by atoms with Gasteiger partial charge in [0.25, 0.3) is 0 Å². The van der Waals surface area contributed by atoms with Crippen LogP contribution in [-0.4, -0.2) is 9.97 Å². The van der Waals surface area contributed by atoms with Crippen molar-refractivity contribution in [3.8, 4) is 0 Å². The van der Waals surface area contributed by atoms with E-state index < -0.39 is 0 Å². The zero-order valence-electron chi connectivity index (χ0n) is 11.4. The maximum absolute atomic E-state index is 6.03. The van der Waals surface area contributed by atoms with E-state index in [1.807, 2.05) is 11.4 Å². The van der Waals surface area contributed by atoms with E-state index in [2.05, 4.69) is 33.5 Å². The number of halogens is 1. The topological polar surface area (TPSA) is 37.8 Å². The molecule has 0 amide bonds. The van der Waals surface area contributed by atoms with Crippen molar-refractivity contribution in [2.45, 2.75) is 25.7 Å². The van der Waals surface area contributed by atoms with Crippen molar-refractivity contribution in [3.05, 3.63) is 46.1 Å². The Balaban J connectivity index is 1.80. The number of thiophene rings is 1. The van der Waals surface area contributed by atoms with Crippen LogP contribution in [0.1, 0.15) is 24.0 Å². The SMILES string of the molecule is Clc1nc(Nc2cccc3c2CCCC3)c2ccsc2n1. The number of nitrogens with zero attached hydrogens (tertiary/aromatic N) is 2. The van der Waals surface area contributed by atoms with Crippen LogP contribution in [0.25, 0.3) is 10.2 Å². The third-order valence-electron chi connectivity index (χ3n) is 3.95. The van der Waals surface area contributed by atoms with E-state index in [-0.39, 0.29) is 5.28 Å². The van der Waals surface area contributed by atoms with E-state index in [0.29, 0.717) is 0 Å². The number of rotatable bonds is 2. The molecule has 0 unspecified atom stereocenters. The number of aryl methyl sites for hydroxylation is 1. The highest BCUT2D eigenvalue weighted by molar-refractivity contribution is 7.16. The first kappa shape index (κ1) is 13.0. The van der Waals surface area contributed by atoms with Crippen LogP contribution < -0.4 is 5.32 Å². The quantitative estimate of drug-likeness (QED) is 0.679. The Kier molecular flexibility index (Phi) is 3.28. The molecular formula is C16H14ClN3S. The number of fused-ring (bicyclic) bond motifs is 2. The second-order valence-corrected chi connectivity index (χ2v) is 6.49. The molecule has 2 heterocycles. The summed E-state index contributed by atoms with van der Waals surface area (Å²) in [5, 5.41) is 6.80. The molecule has 106 valence electrons. The number of nitrogens with one attached hydrogen (secondary N) is 1. The summed E-state index contributed by atoms with van der Waals surface area (Å²) in [5.41, 5.74) is 4.02. The van der Waals surface area contributed by atoms with Gasteiger partial charge in [-0.1, -0.05) is 12.1 Å². The third-order valence-corrected chi connectivity index (χ3v) is 4.92. The molecule has 0 fully saturated rings. The van der Waals surface area contributed by atoms with Crippen molar-refractivity contribution in [1.29, 1.82) is 0 Å². The lowest BCUT2D eigenvalue weighted by Crippen LogP contribution is -2.07. The number of hydrogen-bond donors (Lipinski definition) is 1. The molecular weight excluding hydrogens is 302 g/mol. The van der Waals surface area contributed by atoms with Crippen molar-refractivity contribution in [1.82, 2.24) is 9.97 Å². The predicted octanol–water partition coefficient (Wildman–Crippen LogP) is 4.97. The molecule has 1 aliphatic carbocycles. The number of hydrogen-bond acceptors (Lipinski definition) is 4. The van der Waals surface area contributed by atoms with Gasteiger partial charge in [-0.25, -0.2) is 4.98 Å². The predicted molar refractivity (Wildman–Crippen MR) is 88.8 cm³/mol. The fraction of sp³-hybridized carbons (Fsp3) is 0.250. The molecule has 1 aliphatic rings. The molecule has 0 bridgehead atoms. The van der Waals surface area contributed by atoms with Crippen LogP contribution in [0.2, 0.25) is 5.28 Å². The molecule has 2 aromatic heterocycles. The number of aromatic nitrogens is 2. The molecule has 0 saturated carbocycles. The van der Waals surface area contributed by atoms with Gasteiger partial charge in [-0.2, -0.15) is 4.98 Å². The fourth-order valence-electron chi connectivity index (χ4n) is 2.95. The molecule has 0 atom stereocenters. The minimum Gasteiger partial charge on any atom is -0.339 e. The van der Waals surface area contributed by atoms with Gasteiger partial charge in [0.2, 0.25) is 5.28 Å². The number of benzene rings is 1. The van der Waals surface area contributed by atoms with E-state index in [4.69, 9.17) is 11.6 Å². The Labute approximate surface area is 132 Å². The van der Waals surface area contributed by atoms with Crippen molar-refractivity contribution < 1.29 is 0 Å². The summed E-state index contributed by atoms with van der Waals surface area (Å²) in [7, 11) is 0. The molecule has 3 aromatic rings. The minimum absolute atomic E-state index is 0.289. The Morgan fingerprint density at radius 3 is 2.95 bits per heavy atom. The van der Waals surface area contributed by atoms with Crippen LogP contribution in [0.4, 0.5) is 11.5 Å². The standard InChI is InChI=1S/C16H14ClN3S/c17-16-19-14(12-8-9-21-15(12)20-16)18-13-7-3-5-10-4-1-2-6-11(10)13/h3,5,7-9H,1-2,4,6H2,(H,18,19,20). The van der Waals surface area contributed by atoms with Crippen molar-refractivity contribution >= 4 is 44.7 Å². The molecule has 1 N–H and O–H groups in total. The minimum atomic E-state index is 0.289. The summed E-state index contributed by atoms with van der Waals surface area (Å²) in [6, 6.07) is 8.50. The van der Waals surface area contributed by atoms with Crippen LogP contribution in [0.3, 0.4) is 0 Å². The molecule has 3 nitrogen and oxygen atoms in total. The monoisotopic (exact) mass is 315 g/mol. The lowest BCUT2D eigenvalue weighted by molar-refractivity contribution is 0.687. The maximum Gasteiger partial charge on any atom is 0.225 e. The van der Waals surface area contributed by atoms with Crippen molar-refractivity contribution in [3.63, 3.8) is 0 Å². The van der Waals surface area contributed by atoms with Gasteiger partial charge >= 0.3 is 0 Å². The fourth-order valence-corrected chi connectivity index (χ4v) is 3.93.